The van der Waals surface area contributed by atoms with E-state index in [1.54, 1.807) is 12.1 Å². The summed E-state index contributed by atoms with van der Waals surface area (Å²) in [4.78, 5) is 0. The molecule has 1 aliphatic rings. The van der Waals surface area contributed by atoms with Gasteiger partial charge in [0.2, 0.25) is 0 Å². The highest BCUT2D eigenvalue weighted by Gasteiger charge is 2.26. The van der Waals surface area contributed by atoms with Crippen molar-refractivity contribution in [3.63, 3.8) is 0 Å². The molecule has 0 bridgehead atoms. The maximum atomic E-state index is 6.08. The number of ether oxygens (including phenoxy) is 2. The molecule has 0 spiro atoms. The molecule has 0 unspecified atom stereocenters. The van der Waals surface area contributed by atoms with Crippen LogP contribution < -0.4 is 9.47 Å². The van der Waals surface area contributed by atoms with Gasteiger partial charge in [0, 0.05) is 17.2 Å². The number of halogens is 5. The third-order valence-electron chi connectivity index (χ3n) is 2.48. The van der Waals surface area contributed by atoms with Crippen molar-refractivity contribution in [1.82, 2.24) is 0 Å². The summed E-state index contributed by atoms with van der Waals surface area (Å²) in [6, 6.07) is 4.64. The summed E-state index contributed by atoms with van der Waals surface area (Å²) < 4.78 is 11.3. The Morgan fingerprint density at radius 3 is 2.00 bits per heavy atom. The van der Waals surface area contributed by atoms with E-state index < -0.39 is 0 Å². The van der Waals surface area contributed by atoms with Gasteiger partial charge in [0.15, 0.2) is 23.0 Å². The molecular formula is C12H3Cl5O2. The van der Waals surface area contributed by atoms with Gasteiger partial charge in [-0.05, 0) is 6.07 Å². The second-order valence-electron chi connectivity index (χ2n) is 3.73. The Morgan fingerprint density at radius 1 is 0.632 bits per heavy atom. The van der Waals surface area contributed by atoms with Gasteiger partial charge in [0.25, 0.3) is 0 Å². The van der Waals surface area contributed by atoms with Crippen molar-refractivity contribution in [2.45, 2.75) is 0 Å². The Bertz CT molecular complexity index is 699. The largest absolute Gasteiger partial charge is 0.448 e. The van der Waals surface area contributed by atoms with E-state index in [4.69, 9.17) is 67.5 Å². The normalized spacial score (nSPS) is 12.3. The average molecular weight is 356 g/mol. The van der Waals surface area contributed by atoms with Gasteiger partial charge >= 0.3 is 0 Å². The molecule has 1 heterocycles. The Labute approximate surface area is 133 Å². The van der Waals surface area contributed by atoms with Gasteiger partial charge in [0.05, 0.1) is 15.1 Å². The highest BCUT2D eigenvalue weighted by molar-refractivity contribution is 6.49. The first kappa shape index (κ1) is 13.5. The van der Waals surface area contributed by atoms with Crippen LogP contribution in [0.1, 0.15) is 0 Å². The van der Waals surface area contributed by atoms with Gasteiger partial charge in [-0.15, -0.1) is 0 Å². The van der Waals surface area contributed by atoms with Gasteiger partial charge in [-0.1, -0.05) is 58.0 Å². The Kier molecular flexibility index (Phi) is 3.40. The van der Waals surface area contributed by atoms with Crippen molar-refractivity contribution in [2.24, 2.45) is 0 Å². The molecule has 3 rings (SSSR count). The highest BCUT2D eigenvalue weighted by atomic mass is 35.5. The van der Waals surface area contributed by atoms with Crippen molar-refractivity contribution >= 4 is 58.0 Å². The second-order valence-corrected chi connectivity index (χ2v) is 5.74. The van der Waals surface area contributed by atoms with Crippen molar-refractivity contribution in [3.05, 3.63) is 43.3 Å². The second kappa shape index (κ2) is 4.80. The first-order chi connectivity index (χ1) is 8.97. The SMILES string of the molecule is Clc1cc(Cl)c2c(c1)Oc1c(cc(Cl)c(Cl)c1Cl)O2. The quantitative estimate of drug-likeness (QED) is 0.410. The smallest absolute Gasteiger partial charge is 0.190 e. The minimum Gasteiger partial charge on any atom is -0.448 e. The fraction of sp³-hybridized carbons (Fsp3) is 0. The Hall–Kier alpha value is -0.510. The molecule has 0 aromatic heterocycles. The molecule has 2 nitrogen and oxygen atoms in total. The molecule has 0 atom stereocenters. The summed E-state index contributed by atoms with van der Waals surface area (Å²) in [5, 5.41) is 1.39. The lowest BCUT2D eigenvalue weighted by Crippen LogP contribution is -2.00. The zero-order valence-corrected chi connectivity index (χ0v) is 12.7. The molecule has 98 valence electrons. The fourth-order valence-electron chi connectivity index (χ4n) is 1.66. The van der Waals surface area contributed by atoms with Crippen LogP contribution in [0.2, 0.25) is 25.1 Å². The zero-order chi connectivity index (χ0) is 13.7. The van der Waals surface area contributed by atoms with E-state index in [1.165, 1.54) is 6.07 Å². The van der Waals surface area contributed by atoms with Crippen LogP contribution >= 0.6 is 58.0 Å². The lowest BCUT2D eigenvalue weighted by Gasteiger charge is -2.23. The fourth-order valence-corrected chi connectivity index (χ4v) is 2.79. The van der Waals surface area contributed by atoms with E-state index >= 15 is 0 Å². The van der Waals surface area contributed by atoms with Gasteiger partial charge < -0.3 is 9.47 Å². The summed E-state index contributed by atoms with van der Waals surface area (Å²) in [6.07, 6.45) is 0. The molecule has 0 saturated heterocycles. The topological polar surface area (TPSA) is 18.5 Å². The maximum absolute atomic E-state index is 6.08. The zero-order valence-electron chi connectivity index (χ0n) is 8.94. The van der Waals surface area contributed by atoms with Crippen molar-refractivity contribution in [1.29, 1.82) is 0 Å². The minimum absolute atomic E-state index is 0.172. The van der Waals surface area contributed by atoms with E-state index in [0.717, 1.165) is 0 Å². The first-order valence-corrected chi connectivity index (χ1v) is 6.88. The molecular weight excluding hydrogens is 353 g/mol. The van der Waals surface area contributed by atoms with Crippen LogP contribution in [0.5, 0.6) is 23.0 Å². The number of fused-ring (bicyclic) bond motifs is 2. The van der Waals surface area contributed by atoms with Crippen LogP contribution in [0, 0.1) is 0 Å². The summed E-state index contributed by atoms with van der Waals surface area (Å²) in [5.74, 6) is 1.34. The lowest BCUT2D eigenvalue weighted by atomic mass is 10.2. The maximum Gasteiger partial charge on any atom is 0.190 e. The molecule has 2 aromatic rings. The van der Waals surface area contributed by atoms with E-state index in [0.29, 0.717) is 27.3 Å². The Balaban J connectivity index is 2.20. The monoisotopic (exact) mass is 354 g/mol. The van der Waals surface area contributed by atoms with Crippen molar-refractivity contribution < 1.29 is 9.47 Å². The van der Waals surface area contributed by atoms with E-state index in [1.807, 2.05) is 0 Å². The van der Waals surface area contributed by atoms with Crippen LogP contribution in [0.15, 0.2) is 18.2 Å². The van der Waals surface area contributed by atoms with Crippen LogP contribution in [-0.2, 0) is 0 Å². The first-order valence-electron chi connectivity index (χ1n) is 4.99. The van der Waals surface area contributed by atoms with E-state index in [9.17, 15) is 0 Å². The standard InChI is InChI=1S/C12H3Cl5O2/c13-4-1-6(15)11-7(2-4)19-12-8(18-11)3-5(14)9(16)10(12)17/h1-3H. The number of benzene rings is 2. The molecule has 0 amide bonds. The van der Waals surface area contributed by atoms with Gasteiger partial charge in [-0.2, -0.15) is 0 Å². The third kappa shape index (κ3) is 2.22. The predicted octanol–water partition coefficient (Wildman–Crippen LogP) is 6.85. The van der Waals surface area contributed by atoms with Crippen molar-refractivity contribution in [3.8, 4) is 23.0 Å². The predicted molar refractivity (Wildman–Crippen MR) is 78.1 cm³/mol. The minimum atomic E-state index is 0.172. The summed E-state index contributed by atoms with van der Waals surface area (Å²) in [7, 11) is 0. The molecule has 2 aromatic carbocycles. The van der Waals surface area contributed by atoms with Crippen LogP contribution in [0.4, 0.5) is 0 Å². The third-order valence-corrected chi connectivity index (χ3v) is 4.23. The summed E-state index contributed by atoms with van der Waals surface area (Å²) >= 11 is 29.9. The van der Waals surface area contributed by atoms with Gasteiger partial charge in [-0.3, -0.25) is 0 Å². The molecule has 7 heteroatoms. The van der Waals surface area contributed by atoms with Crippen LogP contribution in [0.3, 0.4) is 0 Å². The van der Waals surface area contributed by atoms with Gasteiger partial charge in [-0.25, -0.2) is 0 Å². The lowest BCUT2D eigenvalue weighted by molar-refractivity contribution is 0.360. The van der Waals surface area contributed by atoms with E-state index in [2.05, 4.69) is 0 Å². The number of hydrogen-bond donors (Lipinski definition) is 0. The molecule has 0 radical (unpaired) electrons. The molecule has 0 saturated carbocycles. The number of rotatable bonds is 0. The average Bonchev–Trinajstić information content (AvgIpc) is 2.35. The van der Waals surface area contributed by atoms with Crippen molar-refractivity contribution in [2.75, 3.05) is 0 Å². The molecule has 0 N–H and O–H groups in total. The van der Waals surface area contributed by atoms with Crippen LogP contribution in [-0.4, -0.2) is 0 Å². The summed E-state index contributed by atoms with van der Waals surface area (Å²) in [5.41, 5.74) is 0. The molecule has 0 aliphatic carbocycles. The molecule has 1 aliphatic heterocycles. The van der Waals surface area contributed by atoms with E-state index in [-0.39, 0.29) is 20.8 Å². The molecule has 19 heavy (non-hydrogen) atoms. The highest BCUT2D eigenvalue weighted by Crippen LogP contribution is 2.54. The van der Waals surface area contributed by atoms with Crippen LogP contribution in [0.25, 0.3) is 0 Å². The molecule has 0 fully saturated rings. The number of hydrogen-bond acceptors (Lipinski definition) is 2. The van der Waals surface area contributed by atoms with Gasteiger partial charge in [0.1, 0.15) is 5.02 Å². The summed E-state index contributed by atoms with van der Waals surface area (Å²) in [6.45, 7) is 0. The Morgan fingerprint density at radius 2 is 1.26 bits per heavy atom.